The Bertz CT molecular complexity index is 558. The highest BCUT2D eigenvalue weighted by Crippen LogP contribution is 2.26. The second kappa shape index (κ2) is 5.21. The molecule has 0 aliphatic heterocycles. The van der Waals surface area contributed by atoms with Crippen molar-refractivity contribution in [2.45, 2.75) is 13.1 Å². The number of halogens is 3. The van der Waals surface area contributed by atoms with Gasteiger partial charge < -0.3 is 4.74 Å². The van der Waals surface area contributed by atoms with Crippen LogP contribution in [0.15, 0.2) is 30.3 Å². The fourth-order valence-electron chi connectivity index (χ4n) is 1.42. The summed E-state index contributed by atoms with van der Waals surface area (Å²) in [6.45, 7) is 0.118. The molecule has 0 unspecified atom stereocenters. The van der Waals surface area contributed by atoms with Gasteiger partial charge in [0.1, 0.15) is 0 Å². The molecule has 4 nitrogen and oxygen atoms in total. The minimum atomic E-state index is -4.42. The lowest BCUT2D eigenvalue weighted by Crippen LogP contribution is -2.20. The quantitative estimate of drug-likeness (QED) is 0.859. The van der Waals surface area contributed by atoms with Gasteiger partial charge in [-0.05, 0) is 6.92 Å². The molecule has 0 fully saturated rings. The Morgan fingerprint density at radius 2 is 1.79 bits per heavy atom. The predicted octanol–water partition coefficient (Wildman–Crippen LogP) is 2.79. The Kier molecular flexibility index (Phi) is 3.64. The first-order valence-electron chi connectivity index (χ1n) is 5.42. The fraction of sp³-hybridized carbons (Fsp3) is 0.250. The number of hydrogen-bond acceptors (Lipinski definition) is 4. The molecule has 0 atom stereocenters. The molecule has 0 radical (unpaired) electrons. The van der Waals surface area contributed by atoms with Gasteiger partial charge in [-0.1, -0.05) is 30.3 Å². The lowest BCUT2D eigenvalue weighted by atomic mass is 10.1. The van der Waals surface area contributed by atoms with Crippen molar-refractivity contribution in [1.82, 2.24) is 15.2 Å². The maximum Gasteiger partial charge on any atom is 0.422 e. The molecule has 0 bridgehead atoms. The normalized spacial score (nSPS) is 11.4. The largest absolute Gasteiger partial charge is 0.466 e. The summed E-state index contributed by atoms with van der Waals surface area (Å²) < 4.78 is 41.3. The molecule has 7 heteroatoms. The molecule has 1 aromatic heterocycles. The number of hydrogen-bond donors (Lipinski definition) is 0. The summed E-state index contributed by atoms with van der Waals surface area (Å²) in [5.41, 5.74) is 0.787. The Balaban J connectivity index is 2.33. The first kappa shape index (κ1) is 13.3. The van der Waals surface area contributed by atoms with E-state index >= 15 is 0 Å². The second-order valence-electron chi connectivity index (χ2n) is 3.78. The van der Waals surface area contributed by atoms with Crippen molar-refractivity contribution in [3.05, 3.63) is 36.2 Å². The summed E-state index contributed by atoms with van der Waals surface area (Å²) in [5, 5.41) is 7.58. The van der Waals surface area contributed by atoms with Gasteiger partial charge in [0.15, 0.2) is 18.1 Å². The van der Waals surface area contributed by atoms with E-state index in [1.807, 2.05) is 0 Å². The standard InChI is InChI=1S/C12H10F3N3O/c1-8-16-11(19-7-12(13,14)15)10(18-17-8)9-5-3-2-4-6-9/h2-6H,7H2,1H3. The zero-order valence-electron chi connectivity index (χ0n) is 9.98. The van der Waals surface area contributed by atoms with Crippen molar-refractivity contribution in [1.29, 1.82) is 0 Å². The van der Waals surface area contributed by atoms with Crippen molar-refractivity contribution in [2.24, 2.45) is 0 Å². The Labute approximate surface area is 107 Å². The van der Waals surface area contributed by atoms with E-state index in [2.05, 4.69) is 15.2 Å². The first-order valence-corrected chi connectivity index (χ1v) is 5.42. The fourth-order valence-corrected chi connectivity index (χ4v) is 1.42. The Morgan fingerprint density at radius 1 is 1.11 bits per heavy atom. The van der Waals surface area contributed by atoms with Crippen molar-refractivity contribution >= 4 is 0 Å². The molecular weight excluding hydrogens is 259 g/mol. The van der Waals surface area contributed by atoms with Gasteiger partial charge in [0.2, 0.25) is 5.88 Å². The number of rotatable bonds is 3. The van der Waals surface area contributed by atoms with E-state index in [4.69, 9.17) is 4.74 Å². The average molecular weight is 269 g/mol. The maximum atomic E-state index is 12.2. The Hall–Kier alpha value is -2.18. The maximum absolute atomic E-state index is 12.2. The van der Waals surface area contributed by atoms with Gasteiger partial charge in [0, 0.05) is 5.56 Å². The molecule has 2 aromatic rings. The smallest absolute Gasteiger partial charge is 0.422 e. The van der Waals surface area contributed by atoms with Crippen LogP contribution in [-0.2, 0) is 0 Å². The highest BCUT2D eigenvalue weighted by molar-refractivity contribution is 5.63. The third kappa shape index (κ3) is 3.64. The Morgan fingerprint density at radius 3 is 2.42 bits per heavy atom. The van der Waals surface area contributed by atoms with Gasteiger partial charge in [-0.15, -0.1) is 10.2 Å². The van der Waals surface area contributed by atoms with Crippen molar-refractivity contribution < 1.29 is 17.9 Å². The summed E-state index contributed by atoms with van der Waals surface area (Å²) in [4.78, 5) is 3.86. The van der Waals surface area contributed by atoms with E-state index in [1.165, 1.54) is 6.92 Å². The number of aromatic nitrogens is 3. The van der Waals surface area contributed by atoms with Crippen molar-refractivity contribution in [2.75, 3.05) is 6.61 Å². The molecule has 0 amide bonds. The van der Waals surface area contributed by atoms with Gasteiger partial charge in [0.25, 0.3) is 0 Å². The molecule has 0 N–H and O–H groups in total. The molecule has 19 heavy (non-hydrogen) atoms. The lowest BCUT2D eigenvalue weighted by Gasteiger charge is -2.11. The summed E-state index contributed by atoms with van der Waals surface area (Å²) in [6.07, 6.45) is -4.42. The van der Waals surface area contributed by atoms with E-state index < -0.39 is 12.8 Å². The van der Waals surface area contributed by atoms with Gasteiger partial charge in [0.05, 0.1) is 0 Å². The van der Waals surface area contributed by atoms with E-state index in [9.17, 15) is 13.2 Å². The summed E-state index contributed by atoms with van der Waals surface area (Å²) in [6, 6.07) is 8.66. The third-order valence-electron chi connectivity index (χ3n) is 2.18. The highest BCUT2D eigenvalue weighted by Gasteiger charge is 2.29. The van der Waals surface area contributed by atoms with Crippen LogP contribution in [0.25, 0.3) is 11.3 Å². The summed E-state index contributed by atoms with van der Waals surface area (Å²) >= 11 is 0. The number of nitrogens with zero attached hydrogens (tertiary/aromatic N) is 3. The van der Waals surface area contributed by atoms with E-state index in [-0.39, 0.29) is 17.4 Å². The molecule has 1 heterocycles. The zero-order valence-corrected chi connectivity index (χ0v) is 9.98. The third-order valence-corrected chi connectivity index (χ3v) is 2.18. The SMILES string of the molecule is Cc1nnc(-c2ccccc2)c(OCC(F)(F)F)n1. The van der Waals surface area contributed by atoms with Gasteiger partial charge >= 0.3 is 6.18 Å². The molecule has 0 saturated carbocycles. The van der Waals surface area contributed by atoms with Crippen LogP contribution < -0.4 is 4.74 Å². The summed E-state index contributed by atoms with van der Waals surface area (Å²) in [7, 11) is 0. The topological polar surface area (TPSA) is 47.9 Å². The van der Waals surface area contributed by atoms with Crippen LogP contribution in [0.1, 0.15) is 5.82 Å². The molecular formula is C12H10F3N3O. The number of benzene rings is 1. The number of alkyl halides is 3. The van der Waals surface area contributed by atoms with Crippen LogP contribution in [0.4, 0.5) is 13.2 Å². The van der Waals surface area contributed by atoms with Gasteiger partial charge in [-0.3, -0.25) is 0 Å². The molecule has 0 aliphatic carbocycles. The van der Waals surface area contributed by atoms with Crippen LogP contribution >= 0.6 is 0 Å². The van der Waals surface area contributed by atoms with Crippen LogP contribution in [0, 0.1) is 6.92 Å². The highest BCUT2D eigenvalue weighted by atomic mass is 19.4. The van der Waals surface area contributed by atoms with Crippen LogP contribution in [0.5, 0.6) is 5.88 Å². The van der Waals surface area contributed by atoms with Crippen molar-refractivity contribution in [3.8, 4) is 17.1 Å². The molecule has 100 valence electrons. The van der Waals surface area contributed by atoms with E-state index in [0.717, 1.165) is 0 Å². The molecule has 2 rings (SSSR count). The van der Waals surface area contributed by atoms with E-state index in [0.29, 0.717) is 5.56 Å². The first-order chi connectivity index (χ1) is 8.96. The van der Waals surface area contributed by atoms with Gasteiger partial charge in [-0.25, -0.2) is 0 Å². The molecule has 1 aromatic carbocycles. The predicted molar refractivity (Wildman–Crippen MR) is 61.6 cm³/mol. The molecule has 0 aliphatic rings. The van der Waals surface area contributed by atoms with Crippen LogP contribution in [0.3, 0.4) is 0 Å². The van der Waals surface area contributed by atoms with Crippen LogP contribution in [-0.4, -0.2) is 28.0 Å². The van der Waals surface area contributed by atoms with E-state index in [1.54, 1.807) is 30.3 Å². The molecule has 0 saturated heterocycles. The van der Waals surface area contributed by atoms with Crippen molar-refractivity contribution in [3.63, 3.8) is 0 Å². The zero-order chi connectivity index (χ0) is 13.9. The van der Waals surface area contributed by atoms with Crippen LogP contribution in [0.2, 0.25) is 0 Å². The number of ether oxygens (including phenoxy) is 1. The molecule has 0 spiro atoms. The number of aryl methyl sites for hydroxylation is 1. The minimum Gasteiger partial charge on any atom is -0.466 e. The lowest BCUT2D eigenvalue weighted by molar-refractivity contribution is -0.154. The average Bonchev–Trinajstić information content (AvgIpc) is 2.37. The second-order valence-corrected chi connectivity index (χ2v) is 3.78. The summed E-state index contributed by atoms with van der Waals surface area (Å²) in [5.74, 6) is 0.0767. The minimum absolute atomic E-state index is 0.170. The monoisotopic (exact) mass is 269 g/mol. The van der Waals surface area contributed by atoms with Gasteiger partial charge in [-0.2, -0.15) is 18.2 Å².